The summed E-state index contributed by atoms with van der Waals surface area (Å²) < 4.78 is 0. The largest absolute Gasteiger partial charge is 0.481 e. The van der Waals surface area contributed by atoms with Gasteiger partial charge < -0.3 is 15.5 Å². The first kappa shape index (κ1) is 12.6. The summed E-state index contributed by atoms with van der Waals surface area (Å²) in [5.41, 5.74) is 0. The van der Waals surface area contributed by atoms with Crippen LogP contribution in [0, 0.1) is 0 Å². The molecule has 0 heterocycles. The van der Waals surface area contributed by atoms with Crippen LogP contribution in [0.25, 0.3) is 0 Å². The number of rotatable bonds is 8. The molecule has 0 saturated carbocycles. The lowest BCUT2D eigenvalue weighted by molar-refractivity contribution is -0.137. The number of carboxylic acid groups (broad SMARTS) is 2. The molecule has 80 valence electrons. The van der Waals surface area contributed by atoms with Gasteiger partial charge in [0, 0.05) is 25.8 Å². The molecule has 0 rings (SSSR count). The number of carboxylic acids is 2. The highest BCUT2D eigenvalue weighted by molar-refractivity contribution is 5.68. The lowest BCUT2D eigenvalue weighted by Crippen LogP contribution is -2.20. The number of carbonyl (C=O) groups is 2. The van der Waals surface area contributed by atoms with Crippen molar-refractivity contribution >= 4 is 18.2 Å². The summed E-state index contributed by atoms with van der Waals surface area (Å²) in [5, 5.41) is 19.4. The fourth-order valence-electron chi connectivity index (χ4n) is 0.678. The minimum atomic E-state index is -0.874. The topological polar surface area (TPSA) is 99.0 Å². The van der Waals surface area contributed by atoms with Gasteiger partial charge in [-0.15, -0.1) is 0 Å². The first-order chi connectivity index (χ1) is 6.63. The number of hydrogen-bond acceptors (Lipinski definition) is 4. The zero-order chi connectivity index (χ0) is 10.8. The molecule has 0 aliphatic carbocycles. The van der Waals surface area contributed by atoms with Crippen molar-refractivity contribution < 1.29 is 19.8 Å². The number of nitrogens with zero attached hydrogens (tertiary/aromatic N) is 1. The molecule has 0 spiro atoms. The van der Waals surface area contributed by atoms with Gasteiger partial charge in [-0.3, -0.25) is 14.6 Å². The second-order valence-electron chi connectivity index (χ2n) is 2.58. The second kappa shape index (κ2) is 8.18. The standard InChI is InChI=1S/C8H14N2O4/c11-7(12)1-3-9-5-6-10-4-2-8(13)14/h5,10H,1-4,6H2,(H,11,12)(H,13,14). The summed E-state index contributed by atoms with van der Waals surface area (Å²) in [6.07, 6.45) is 1.64. The van der Waals surface area contributed by atoms with Crippen molar-refractivity contribution in [1.29, 1.82) is 0 Å². The van der Waals surface area contributed by atoms with Crippen LogP contribution in [-0.2, 0) is 9.59 Å². The highest BCUT2D eigenvalue weighted by atomic mass is 16.4. The van der Waals surface area contributed by atoms with E-state index >= 15 is 0 Å². The van der Waals surface area contributed by atoms with Crippen molar-refractivity contribution in [3.8, 4) is 0 Å². The molecule has 0 aliphatic heterocycles. The third kappa shape index (κ3) is 10.6. The van der Waals surface area contributed by atoms with Crippen LogP contribution in [0.5, 0.6) is 0 Å². The molecule has 0 aromatic rings. The van der Waals surface area contributed by atoms with Crippen LogP contribution in [0.15, 0.2) is 4.99 Å². The van der Waals surface area contributed by atoms with E-state index < -0.39 is 11.9 Å². The van der Waals surface area contributed by atoms with Crippen LogP contribution in [-0.4, -0.2) is 48.0 Å². The minimum absolute atomic E-state index is 0.0195. The average Bonchev–Trinajstić information content (AvgIpc) is 2.08. The smallest absolute Gasteiger partial charge is 0.305 e. The van der Waals surface area contributed by atoms with Crippen molar-refractivity contribution in [1.82, 2.24) is 5.32 Å². The molecule has 0 bridgehead atoms. The lowest BCUT2D eigenvalue weighted by Gasteiger charge is -1.96. The lowest BCUT2D eigenvalue weighted by atomic mass is 10.4. The van der Waals surface area contributed by atoms with E-state index in [4.69, 9.17) is 10.2 Å². The summed E-state index contributed by atoms with van der Waals surface area (Å²) in [7, 11) is 0. The van der Waals surface area contributed by atoms with Gasteiger partial charge in [-0.2, -0.15) is 0 Å². The monoisotopic (exact) mass is 202 g/mol. The van der Waals surface area contributed by atoms with Gasteiger partial charge in [0.15, 0.2) is 0 Å². The van der Waals surface area contributed by atoms with E-state index in [2.05, 4.69) is 10.3 Å². The van der Waals surface area contributed by atoms with E-state index in [0.29, 0.717) is 13.1 Å². The van der Waals surface area contributed by atoms with Gasteiger partial charge in [0.2, 0.25) is 0 Å². The van der Waals surface area contributed by atoms with E-state index in [1.54, 1.807) is 6.21 Å². The molecule has 6 heteroatoms. The first-order valence-electron chi connectivity index (χ1n) is 4.25. The second-order valence-corrected chi connectivity index (χ2v) is 2.58. The van der Waals surface area contributed by atoms with Gasteiger partial charge in [0.25, 0.3) is 0 Å². The molecule has 3 N–H and O–H groups in total. The summed E-state index contributed by atoms with van der Waals surface area (Å²) in [6, 6.07) is 0. The van der Waals surface area contributed by atoms with Crippen molar-refractivity contribution in [3.05, 3.63) is 0 Å². The summed E-state index contributed by atoms with van der Waals surface area (Å²) in [4.78, 5) is 23.9. The zero-order valence-electron chi connectivity index (χ0n) is 7.77. The van der Waals surface area contributed by atoms with Crippen molar-refractivity contribution in [2.75, 3.05) is 19.6 Å². The normalized spacial score (nSPS) is 10.6. The summed E-state index contributed by atoms with van der Waals surface area (Å²) in [5.74, 6) is -1.72. The molecule has 0 aromatic carbocycles. The molecule has 0 atom stereocenters. The molecule has 0 fully saturated rings. The fraction of sp³-hybridized carbons (Fsp3) is 0.625. The van der Waals surface area contributed by atoms with Crippen LogP contribution in [0.1, 0.15) is 12.8 Å². The molecule has 0 amide bonds. The maximum absolute atomic E-state index is 10.1. The maximum atomic E-state index is 10.1. The van der Waals surface area contributed by atoms with Crippen LogP contribution in [0.4, 0.5) is 0 Å². The van der Waals surface area contributed by atoms with Crippen molar-refractivity contribution in [2.45, 2.75) is 12.8 Å². The van der Waals surface area contributed by atoms with Gasteiger partial charge in [-0.05, 0) is 0 Å². The highest BCUT2D eigenvalue weighted by Gasteiger charge is 1.94. The number of nitrogens with one attached hydrogen (secondary N) is 1. The minimum Gasteiger partial charge on any atom is -0.481 e. The zero-order valence-corrected chi connectivity index (χ0v) is 7.77. The molecule has 0 unspecified atom stereocenters. The van der Waals surface area contributed by atoms with Gasteiger partial charge in [0.05, 0.1) is 12.8 Å². The van der Waals surface area contributed by atoms with E-state index in [1.807, 2.05) is 0 Å². The third-order valence-electron chi connectivity index (χ3n) is 1.34. The SMILES string of the molecule is O=C(O)CCN=CCNCCC(=O)O. The first-order valence-corrected chi connectivity index (χ1v) is 4.25. The Hall–Kier alpha value is -1.43. The van der Waals surface area contributed by atoms with Crippen LogP contribution in [0.2, 0.25) is 0 Å². The van der Waals surface area contributed by atoms with E-state index in [1.165, 1.54) is 0 Å². The quantitative estimate of drug-likeness (QED) is 0.367. The van der Waals surface area contributed by atoms with E-state index in [-0.39, 0.29) is 19.4 Å². The fourth-order valence-corrected chi connectivity index (χ4v) is 0.678. The Morgan fingerprint density at radius 1 is 1.21 bits per heavy atom. The van der Waals surface area contributed by atoms with E-state index in [9.17, 15) is 9.59 Å². The van der Waals surface area contributed by atoms with Gasteiger partial charge in [-0.25, -0.2) is 0 Å². The average molecular weight is 202 g/mol. The van der Waals surface area contributed by atoms with Gasteiger partial charge >= 0.3 is 11.9 Å². The number of aliphatic imine (C=N–C) groups is 1. The Morgan fingerprint density at radius 3 is 2.43 bits per heavy atom. The Bertz CT molecular complexity index is 215. The van der Waals surface area contributed by atoms with E-state index in [0.717, 1.165) is 0 Å². The molecule has 0 radical (unpaired) electrons. The molecule has 0 aliphatic rings. The third-order valence-corrected chi connectivity index (χ3v) is 1.34. The predicted octanol–water partition coefficient (Wildman–Crippen LogP) is -0.404. The Balaban J connectivity index is 3.19. The maximum Gasteiger partial charge on any atom is 0.305 e. The summed E-state index contributed by atoms with van der Waals surface area (Å²) >= 11 is 0. The van der Waals surface area contributed by atoms with Crippen LogP contribution >= 0.6 is 0 Å². The van der Waals surface area contributed by atoms with Crippen molar-refractivity contribution in [3.63, 3.8) is 0 Å². The molecule has 0 aromatic heterocycles. The van der Waals surface area contributed by atoms with Crippen LogP contribution in [0.3, 0.4) is 0 Å². The van der Waals surface area contributed by atoms with Gasteiger partial charge in [0.1, 0.15) is 0 Å². The molecule has 6 nitrogen and oxygen atoms in total. The van der Waals surface area contributed by atoms with Gasteiger partial charge in [-0.1, -0.05) is 0 Å². The van der Waals surface area contributed by atoms with Crippen LogP contribution < -0.4 is 5.32 Å². The molecule has 0 saturated heterocycles. The molecule has 14 heavy (non-hydrogen) atoms. The Kier molecular flexibility index (Phi) is 7.35. The molecular formula is C8H14N2O4. The predicted molar refractivity (Wildman–Crippen MR) is 50.7 cm³/mol. The van der Waals surface area contributed by atoms with Crippen molar-refractivity contribution in [2.24, 2.45) is 4.99 Å². The number of aliphatic carboxylic acids is 2. The Morgan fingerprint density at radius 2 is 1.86 bits per heavy atom. The highest BCUT2D eigenvalue weighted by Crippen LogP contribution is 1.79. The Labute approximate surface area is 81.7 Å². The number of hydrogen-bond donors (Lipinski definition) is 3. The summed E-state index contributed by atoms with van der Waals surface area (Å²) in [6.45, 7) is 1.11. The molecular weight excluding hydrogens is 188 g/mol.